The first-order valence-electron chi connectivity index (χ1n) is 6.45. The quantitative estimate of drug-likeness (QED) is 0.905. The van der Waals surface area contributed by atoms with Crippen molar-refractivity contribution >= 4 is 23.2 Å². The summed E-state index contributed by atoms with van der Waals surface area (Å²) in [4.78, 5) is 15.7. The average molecular weight is 356 g/mol. The van der Waals surface area contributed by atoms with Gasteiger partial charge in [0.1, 0.15) is 6.07 Å². The van der Waals surface area contributed by atoms with Gasteiger partial charge in [-0.05, 0) is 24.3 Å². The van der Waals surface area contributed by atoms with Gasteiger partial charge in [-0.1, -0.05) is 11.6 Å². The van der Waals surface area contributed by atoms with Crippen LogP contribution in [0.5, 0.6) is 5.88 Å². The van der Waals surface area contributed by atoms with Crippen LogP contribution >= 0.6 is 11.6 Å². The van der Waals surface area contributed by atoms with E-state index in [0.29, 0.717) is 5.69 Å². The van der Waals surface area contributed by atoms with Crippen molar-refractivity contribution in [3.63, 3.8) is 0 Å². The third-order valence-corrected chi connectivity index (χ3v) is 3.04. The normalized spacial score (nSPS) is 10.8. The number of pyridine rings is 1. The van der Waals surface area contributed by atoms with Crippen molar-refractivity contribution in [3.05, 3.63) is 52.7 Å². The molecule has 0 spiro atoms. The highest BCUT2D eigenvalue weighted by atomic mass is 35.5. The Balaban J connectivity index is 2.02. The van der Waals surface area contributed by atoms with Gasteiger partial charge in [-0.15, -0.1) is 0 Å². The van der Waals surface area contributed by atoms with Crippen LogP contribution in [0.25, 0.3) is 0 Å². The van der Waals surface area contributed by atoms with E-state index in [1.165, 1.54) is 24.3 Å². The molecule has 2 rings (SSSR count). The SMILES string of the molecule is N#Cc1ccc(NC(=O)c2ccc(OCC(F)(F)F)nc2)cc1Cl. The van der Waals surface area contributed by atoms with E-state index in [0.717, 1.165) is 12.3 Å². The number of carbonyl (C=O) groups excluding carboxylic acids is 1. The van der Waals surface area contributed by atoms with Crippen LogP contribution in [0.1, 0.15) is 15.9 Å². The van der Waals surface area contributed by atoms with E-state index in [-0.39, 0.29) is 22.0 Å². The van der Waals surface area contributed by atoms with Crippen molar-refractivity contribution in [2.75, 3.05) is 11.9 Å². The molecule has 0 aliphatic heterocycles. The first-order valence-corrected chi connectivity index (χ1v) is 6.83. The number of hydrogen-bond donors (Lipinski definition) is 1. The van der Waals surface area contributed by atoms with Crippen molar-refractivity contribution in [1.82, 2.24) is 4.98 Å². The molecule has 1 heterocycles. The Bertz CT molecular complexity index is 786. The van der Waals surface area contributed by atoms with Gasteiger partial charge < -0.3 is 10.1 Å². The maximum Gasteiger partial charge on any atom is 0.422 e. The lowest BCUT2D eigenvalue weighted by atomic mass is 10.2. The van der Waals surface area contributed by atoms with Gasteiger partial charge in [-0.2, -0.15) is 18.4 Å². The van der Waals surface area contributed by atoms with Gasteiger partial charge in [0, 0.05) is 18.0 Å². The molecule has 9 heteroatoms. The maximum absolute atomic E-state index is 12.0. The number of nitrogens with one attached hydrogen (secondary N) is 1. The molecule has 2 aromatic rings. The van der Waals surface area contributed by atoms with E-state index >= 15 is 0 Å². The molecule has 1 N–H and O–H groups in total. The number of halogens is 4. The second-order valence-electron chi connectivity index (χ2n) is 4.55. The first-order chi connectivity index (χ1) is 11.3. The van der Waals surface area contributed by atoms with Crippen molar-refractivity contribution < 1.29 is 22.7 Å². The second kappa shape index (κ2) is 7.19. The lowest BCUT2D eigenvalue weighted by Crippen LogP contribution is -2.19. The lowest BCUT2D eigenvalue weighted by molar-refractivity contribution is -0.154. The molecule has 0 bridgehead atoms. The number of benzene rings is 1. The number of nitriles is 1. The molecule has 1 aromatic carbocycles. The van der Waals surface area contributed by atoms with Crippen LogP contribution in [0.2, 0.25) is 5.02 Å². The van der Waals surface area contributed by atoms with Gasteiger partial charge >= 0.3 is 6.18 Å². The largest absolute Gasteiger partial charge is 0.468 e. The van der Waals surface area contributed by atoms with E-state index in [1.54, 1.807) is 0 Å². The minimum Gasteiger partial charge on any atom is -0.468 e. The highest BCUT2D eigenvalue weighted by molar-refractivity contribution is 6.32. The molecule has 0 radical (unpaired) electrons. The van der Waals surface area contributed by atoms with Gasteiger partial charge in [-0.25, -0.2) is 4.98 Å². The molecular formula is C15H9ClF3N3O2. The molecule has 0 saturated carbocycles. The Hall–Kier alpha value is -2.79. The van der Waals surface area contributed by atoms with E-state index in [1.807, 2.05) is 6.07 Å². The summed E-state index contributed by atoms with van der Waals surface area (Å²) >= 11 is 5.86. The second-order valence-corrected chi connectivity index (χ2v) is 4.96. The number of carbonyl (C=O) groups is 1. The summed E-state index contributed by atoms with van der Waals surface area (Å²) in [6.45, 7) is -1.46. The molecule has 0 aliphatic carbocycles. The third kappa shape index (κ3) is 4.86. The van der Waals surface area contributed by atoms with Crippen LogP contribution < -0.4 is 10.1 Å². The number of anilines is 1. The molecule has 0 fully saturated rings. The molecular weight excluding hydrogens is 347 g/mol. The zero-order chi connectivity index (χ0) is 17.7. The Morgan fingerprint density at radius 2 is 2.08 bits per heavy atom. The standard InChI is InChI=1S/C15H9ClF3N3O2/c16-12-5-11(3-1-9(12)6-20)22-14(23)10-2-4-13(21-7-10)24-8-15(17,18)19/h1-5,7H,8H2,(H,22,23). The smallest absolute Gasteiger partial charge is 0.422 e. The number of rotatable bonds is 4. The van der Waals surface area contributed by atoms with E-state index in [9.17, 15) is 18.0 Å². The topological polar surface area (TPSA) is 75.0 Å². The minimum absolute atomic E-state index is 0.120. The molecule has 0 saturated heterocycles. The Kier molecular flexibility index (Phi) is 5.26. The number of amides is 1. The fraction of sp³-hybridized carbons (Fsp3) is 0.133. The predicted octanol–water partition coefficient (Wildman–Crippen LogP) is 3.80. The Labute approximate surface area is 139 Å². The van der Waals surface area contributed by atoms with Crippen LogP contribution in [-0.4, -0.2) is 23.7 Å². The zero-order valence-electron chi connectivity index (χ0n) is 11.9. The fourth-order valence-electron chi connectivity index (χ4n) is 1.64. The van der Waals surface area contributed by atoms with Crippen LogP contribution in [-0.2, 0) is 0 Å². The van der Waals surface area contributed by atoms with E-state index < -0.39 is 18.7 Å². The summed E-state index contributed by atoms with van der Waals surface area (Å²) in [5.41, 5.74) is 0.749. The Morgan fingerprint density at radius 3 is 2.62 bits per heavy atom. The van der Waals surface area contributed by atoms with Gasteiger partial charge in [-0.3, -0.25) is 4.79 Å². The predicted molar refractivity (Wildman–Crippen MR) is 79.9 cm³/mol. The Morgan fingerprint density at radius 1 is 1.33 bits per heavy atom. The number of alkyl halides is 3. The summed E-state index contributed by atoms with van der Waals surface area (Å²) in [5, 5.41) is 11.5. The monoisotopic (exact) mass is 355 g/mol. The minimum atomic E-state index is -4.47. The summed E-state index contributed by atoms with van der Waals surface area (Å²) in [6, 6.07) is 8.68. The molecule has 0 atom stereocenters. The number of nitrogens with zero attached hydrogens (tertiary/aromatic N) is 2. The number of hydrogen-bond acceptors (Lipinski definition) is 4. The highest BCUT2D eigenvalue weighted by Crippen LogP contribution is 2.21. The molecule has 0 unspecified atom stereocenters. The van der Waals surface area contributed by atoms with Crippen molar-refractivity contribution in [1.29, 1.82) is 5.26 Å². The summed E-state index contributed by atoms with van der Waals surface area (Å²) < 4.78 is 40.5. The molecule has 0 aliphatic rings. The van der Waals surface area contributed by atoms with Gasteiger partial charge in [0.2, 0.25) is 5.88 Å². The molecule has 124 valence electrons. The van der Waals surface area contributed by atoms with Gasteiger partial charge in [0.25, 0.3) is 5.91 Å². The molecule has 1 aromatic heterocycles. The average Bonchev–Trinajstić information content (AvgIpc) is 2.53. The van der Waals surface area contributed by atoms with E-state index in [4.69, 9.17) is 16.9 Å². The van der Waals surface area contributed by atoms with E-state index in [2.05, 4.69) is 15.0 Å². The molecule has 24 heavy (non-hydrogen) atoms. The summed E-state index contributed by atoms with van der Waals surface area (Å²) in [5.74, 6) is -0.782. The summed E-state index contributed by atoms with van der Waals surface area (Å²) in [6.07, 6.45) is -3.38. The maximum atomic E-state index is 12.0. The number of aromatic nitrogens is 1. The van der Waals surface area contributed by atoms with Crippen LogP contribution in [0.15, 0.2) is 36.5 Å². The third-order valence-electron chi connectivity index (χ3n) is 2.73. The van der Waals surface area contributed by atoms with Crippen molar-refractivity contribution in [2.24, 2.45) is 0 Å². The van der Waals surface area contributed by atoms with Crippen molar-refractivity contribution in [3.8, 4) is 11.9 Å². The van der Waals surface area contributed by atoms with Crippen LogP contribution in [0.4, 0.5) is 18.9 Å². The van der Waals surface area contributed by atoms with Gasteiger partial charge in [0.15, 0.2) is 6.61 Å². The van der Waals surface area contributed by atoms with Crippen LogP contribution in [0, 0.1) is 11.3 Å². The van der Waals surface area contributed by atoms with Crippen LogP contribution in [0.3, 0.4) is 0 Å². The summed E-state index contributed by atoms with van der Waals surface area (Å²) in [7, 11) is 0. The molecule has 5 nitrogen and oxygen atoms in total. The van der Waals surface area contributed by atoms with Crippen molar-refractivity contribution in [2.45, 2.75) is 6.18 Å². The fourth-order valence-corrected chi connectivity index (χ4v) is 1.87. The zero-order valence-corrected chi connectivity index (χ0v) is 12.6. The first kappa shape index (κ1) is 17.6. The lowest BCUT2D eigenvalue weighted by Gasteiger charge is -2.09. The number of ether oxygens (including phenoxy) is 1. The molecule has 1 amide bonds. The highest BCUT2D eigenvalue weighted by Gasteiger charge is 2.28. The van der Waals surface area contributed by atoms with Gasteiger partial charge in [0.05, 0.1) is 16.1 Å².